The van der Waals surface area contributed by atoms with Crippen molar-refractivity contribution in [3.63, 3.8) is 0 Å². The summed E-state index contributed by atoms with van der Waals surface area (Å²) in [6, 6.07) is 9.05. The molecule has 7 nitrogen and oxygen atoms in total. The molecule has 0 bridgehead atoms. The van der Waals surface area contributed by atoms with Crippen LogP contribution in [-0.4, -0.2) is 43.7 Å². The minimum absolute atomic E-state index is 0.0644. The monoisotopic (exact) mass is 315 g/mol. The number of rotatable bonds is 3. The summed E-state index contributed by atoms with van der Waals surface area (Å²) in [7, 11) is 0. The van der Waals surface area contributed by atoms with Gasteiger partial charge in [-0.2, -0.15) is 9.36 Å². The van der Waals surface area contributed by atoms with Gasteiger partial charge in [0.2, 0.25) is 5.91 Å². The molecule has 3 rings (SSSR count). The van der Waals surface area contributed by atoms with Crippen molar-refractivity contribution in [2.75, 3.05) is 13.1 Å². The highest BCUT2D eigenvalue weighted by atomic mass is 16.2. The lowest BCUT2D eigenvalue weighted by Gasteiger charge is -2.34. The van der Waals surface area contributed by atoms with E-state index in [0.29, 0.717) is 17.5 Å². The maximum absolute atomic E-state index is 12.4. The second-order valence-electron chi connectivity index (χ2n) is 6.41. The summed E-state index contributed by atoms with van der Waals surface area (Å²) in [4.78, 5) is 26.6. The molecule has 0 spiro atoms. The van der Waals surface area contributed by atoms with Crippen molar-refractivity contribution >= 4 is 5.91 Å². The van der Waals surface area contributed by atoms with Crippen LogP contribution in [0.1, 0.15) is 20.3 Å². The molecule has 1 fully saturated rings. The average Bonchev–Trinajstić information content (AvgIpc) is 2.88. The van der Waals surface area contributed by atoms with Gasteiger partial charge in [-0.05, 0) is 40.8 Å². The number of piperidine rings is 1. The number of carbonyl (C=O) groups is 1. The smallest absolute Gasteiger partial charge is 0.341 e. The summed E-state index contributed by atoms with van der Waals surface area (Å²) in [6.45, 7) is 5.71. The van der Waals surface area contributed by atoms with E-state index in [1.807, 2.05) is 23.1 Å². The molecule has 2 heterocycles. The summed E-state index contributed by atoms with van der Waals surface area (Å²) >= 11 is 0. The maximum Gasteiger partial charge on any atom is 0.368 e. The van der Waals surface area contributed by atoms with Gasteiger partial charge in [0.15, 0.2) is 0 Å². The number of aromatic nitrogens is 4. The zero-order chi connectivity index (χ0) is 16.4. The van der Waals surface area contributed by atoms with Gasteiger partial charge in [-0.25, -0.2) is 4.79 Å². The third-order valence-electron chi connectivity index (χ3n) is 4.15. The molecule has 0 radical (unpaired) electrons. The molecule has 0 N–H and O–H groups in total. The first-order valence-electron chi connectivity index (χ1n) is 7.90. The first kappa shape index (κ1) is 15.5. The van der Waals surface area contributed by atoms with Gasteiger partial charge in [-0.15, -0.1) is 0 Å². The van der Waals surface area contributed by atoms with E-state index in [1.54, 1.807) is 12.1 Å². The van der Waals surface area contributed by atoms with Crippen LogP contribution in [0.5, 0.6) is 0 Å². The quantitative estimate of drug-likeness (QED) is 0.845. The van der Waals surface area contributed by atoms with Crippen molar-refractivity contribution in [1.29, 1.82) is 0 Å². The molecule has 122 valence electrons. The van der Waals surface area contributed by atoms with Crippen LogP contribution in [0.25, 0.3) is 5.69 Å². The highest BCUT2D eigenvalue weighted by molar-refractivity contribution is 5.76. The summed E-state index contributed by atoms with van der Waals surface area (Å²) in [5.74, 6) is 0.893. The molecule has 23 heavy (non-hydrogen) atoms. The number of tetrazole rings is 1. The van der Waals surface area contributed by atoms with Crippen LogP contribution >= 0.6 is 0 Å². The number of carbonyl (C=O) groups excluding carboxylic acids is 1. The Morgan fingerprint density at radius 2 is 1.78 bits per heavy atom. The van der Waals surface area contributed by atoms with Crippen LogP contribution in [0.4, 0.5) is 0 Å². The summed E-state index contributed by atoms with van der Waals surface area (Å²) in [5, 5.41) is 7.70. The van der Waals surface area contributed by atoms with E-state index in [2.05, 4.69) is 24.3 Å². The fourth-order valence-electron chi connectivity index (χ4n) is 3.20. The Balaban J connectivity index is 1.75. The maximum atomic E-state index is 12.4. The fraction of sp³-hybridized carbons (Fsp3) is 0.500. The largest absolute Gasteiger partial charge is 0.368 e. The number of likely N-dealkylation sites (tertiary alicyclic amines) is 1. The zero-order valence-electron chi connectivity index (χ0n) is 13.4. The molecule has 0 unspecified atom stereocenters. The molecular formula is C16H21N5O2. The van der Waals surface area contributed by atoms with Gasteiger partial charge in [0.25, 0.3) is 0 Å². The molecule has 1 amide bonds. The minimum Gasteiger partial charge on any atom is -0.341 e. The van der Waals surface area contributed by atoms with Crippen LogP contribution in [0, 0.1) is 11.8 Å². The van der Waals surface area contributed by atoms with E-state index in [1.165, 1.54) is 4.68 Å². The van der Waals surface area contributed by atoms with Gasteiger partial charge in [-0.1, -0.05) is 32.0 Å². The van der Waals surface area contributed by atoms with Crippen molar-refractivity contribution in [2.24, 2.45) is 11.8 Å². The van der Waals surface area contributed by atoms with Crippen molar-refractivity contribution in [3.8, 4) is 5.69 Å². The molecule has 1 aromatic heterocycles. The zero-order valence-corrected chi connectivity index (χ0v) is 13.4. The topological polar surface area (TPSA) is 73.0 Å². The van der Waals surface area contributed by atoms with E-state index in [4.69, 9.17) is 0 Å². The molecule has 1 aromatic carbocycles. The summed E-state index contributed by atoms with van der Waals surface area (Å²) < 4.78 is 2.33. The van der Waals surface area contributed by atoms with Crippen molar-refractivity contribution < 1.29 is 4.79 Å². The Hall–Kier alpha value is -2.44. The number of para-hydroxylation sites is 1. The van der Waals surface area contributed by atoms with Crippen molar-refractivity contribution in [3.05, 3.63) is 40.8 Å². The average molecular weight is 315 g/mol. The molecule has 1 aliphatic rings. The SMILES string of the molecule is C[C@H]1C[C@H](C)CN(C(=O)Cn2nnn(-c3ccccc3)c2=O)C1. The first-order valence-corrected chi connectivity index (χ1v) is 7.90. The van der Waals surface area contributed by atoms with Crippen LogP contribution in [-0.2, 0) is 11.3 Å². The highest BCUT2D eigenvalue weighted by Gasteiger charge is 2.26. The van der Waals surface area contributed by atoms with Gasteiger partial charge in [0.05, 0.1) is 5.69 Å². The van der Waals surface area contributed by atoms with E-state index >= 15 is 0 Å². The van der Waals surface area contributed by atoms with Gasteiger partial charge in [-0.3, -0.25) is 4.79 Å². The fourth-order valence-corrected chi connectivity index (χ4v) is 3.20. The molecule has 1 aliphatic heterocycles. The number of hydrogen-bond donors (Lipinski definition) is 0. The van der Waals surface area contributed by atoms with E-state index in [9.17, 15) is 9.59 Å². The van der Waals surface area contributed by atoms with E-state index in [-0.39, 0.29) is 12.5 Å². The molecule has 2 aromatic rings. The molecule has 0 saturated carbocycles. The van der Waals surface area contributed by atoms with Crippen molar-refractivity contribution in [1.82, 2.24) is 24.7 Å². The predicted molar refractivity (Wildman–Crippen MR) is 85.1 cm³/mol. The summed E-state index contributed by atoms with van der Waals surface area (Å²) in [5.41, 5.74) is 0.235. The van der Waals surface area contributed by atoms with Crippen LogP contribution < -0.4 is 5.69 Å². The van der Waals surface area contributed by atoms with E-state index in [0.717, 1.165) is 24.2 Å². The van der Waals surface area contributed by atoms with Gasteiger partial charge >= 0.3 is 5.69 Å². The number of hydrogen-bond acceptors (Lipinski definition) is 4. The Kier molecular flexibility index (Phi) is 4.27. The normalized spacial score (nSPS) is 21.4. The number of nitrogens with zero attached hydrogens (tertiary/aromatic N) is 5. The molecule has 7 heteroatoms. The molecule has 2 atom stereocenters. The molecule has 1 saturated heterocycles. The highest BCUT2D eigenvalue weighted by Crippen LogP contribution is 2.20. The Morgan fingerprint density at radius 3 is 2.43 bits per heavy atom. The second kappa shape index (κ2) is 6.36. The third-order valence-corrected chi connectivity index (χ3v) is 4.15. The minimum atomic E-state index is -0.400. The predicted octanol–water partition coefficient (Wildman–Crippen LogP) is 0.933. The second-order valence-corrected chi connectivity index (χ2v) is 6.41. The summed E-state index contributed by atoms with van der Waals surface area (Å²) in [6.07, 6.45) is 1.13. The third kappa shape index (κ3) is 3.33. The standard InChI is InChI=1S/C16H21N5O2/c1-12-8-13(2)10-19(9-12)15(22)11-20-16(23)21(18-17-20)14-6-4-3-5-7-14/h3-7,12-13H,8-11H2,1-2H3/t12-,13-/m0/s1. The first-order chi connectivity index (χ1) is 11.0. The van der Waals surface area contributed by atoms with Gasteiger partial charge < -0.3 is 4.90 Å². The van der Waals surface area contributed by atoms with E-state index < -0.39 is 5.69 Å². The number of benzene rings is 1. The van der Waals surface area contributed by atoms with Crippen LogP contribution in [0.3, 0.4) is 0 Å². The molecule has 0 aliphatic carbocycles. The van der Waals surface area contributed by atoms with Crippen molar-refractivity contribution in [2.45, 2.75) is 26.8 Å². The lowest BCUT2D eigenvalue weighted by atomic mass is 9.92. The lowest BCUT2D eigenvalue weighted by Crippen LogP contribution is -2.45. The number of amides is 1. The van der Waals surface area contributed by atoms with Gasteiger partial charge in [0, 0.05) is 13.1 Å². The Bertz CT molecular complexity index is 726. The molecular weight excluding hydrogens is 294 g/mol. The van der Waals surface area contributed by atoms with Crippen LogP contribution in [0.15, 0.2) is 35.1 Å². The van der Waals surface area contributed by atoms with Crippen LogP contribution in [0.2, 0.25) is 0 Å². The lowest BCUT2D eigenvalue weighted by molar-refractivity contribution is -0.134. The Morgan fingerprint density at radius 1 is 1.13 bits per heavy atom. The van der Waals surface area contributed by atoms with Gasteiger partial charge in [0.1, 0.15) is 6.54 Å². The Labute approximate surface area is 134 Å².